The van der Waals surface area contributed by atoms with E-state index in [9.17, 15) is 9.59 Å². The van der Waals surface area contributed by atoms with Gasteiger partial charge in [-0.05, 0) is 26.8 Å². The van der Waals surface area contributed by atoms with E-state index in [1.807, 2.05) is 38.1 Å². The molecule has 7 nitrogen and oxygen atoms in total. The Bertz CT molecular complexity index is 1060. The first kappa shape index (κ1) is 22.7. The van der Waals surface area contributed by atoms with Crippen molar-refractivity contribution in [3.63, 3.8) is 0 Å². The maximum Gasteiger partial charge on any atom is 0.316 e. The molecule has 3 rings (SSSR count). The van der Waals surface area contributed by atoms with Crippen molar-refractivity contribution in [2.75, 3.05) is 25.6 Å². The topological polar surface area (TPSA) is 79.7 Å². The van der Waals surface area contributed by atoms with Gasteiger partial charge in [0.15, 0.2) is 11.4 Å². The zero-order valence-electron chi connectivity index (χ0n) is 17.4. The summed E-state index contributed by atoms with van der Waals surface area (Å²) in [5.41, 5.74) is 0.564. The molecule has 0 aliphatic heterocycles. The summed E-state index contributed by atoms with van der Waals surface area (Å²) in [7, 11) is 0. The summed E-state index contributed by atoms with van der Waals surface area (Å²) in [5.74, 6) is -0.242. The van der Waals surface area contributed by atoms with Crippen LogP contribution in [0.25, 0.3) is 20.3 Å². The number of fused-ring (bicyclic) bond motifs is 3. The van der Waals surface area contributed by atoms with Crippen LogP contribution in [0.2, 0.25) is 0 Å². The number of benzene rings is 1. The monoisotopic (exact) mass is 450 g/mol. The van der Waals surface area contributed by atoms with Gasteiger partial charge < -0.3 is 14.2 Å². The van der Waals surface area contributed by atoms with E-state index in [-0.39, 0.29) is 17.3 Å². The second kappa shape index (κ2) is 10.9. The van der Waals surface area contributed by atoms with Crippen molar-refractivity contribution < 1.29 is 19.0 Å². The van der Waals surface area contributed by atoms with Gasteiger partial charge in [-0.15, -0.1) is 11.3 Å². The third-order valence-corrected chi connectivity index (χ3v) is 6.46. The summed E-state index contributed by atoms with van der Waals surface area (Å²) in [4.78, 5) is 30.0. The second-order valence-electron chi connectivity index (χ2n) is 6.35. The zero-order valence-corrected chi connectivity index (χ0v) is 19.0. The highest BCUT2D eigenvalue weighted by atomic mass is 32.2. The summed E-state index contributed by atoms with van der Waals surface area (Å²) in [6.07, 6.45) is 0.111. The molecule has 0 saturated carbocycles. The van der Waals surface area contributed by atoms with E-state index in [0.717, 1.165) is 10.1 Å². The van der Waals surface area contributed by atoms with Crippen molar-refractivity contribution >= 4 is 49.4 Å². The Morgan fingerprint density at radius 2 is 1.90 bits per heavy atom. The van der Waals surface area contributed by atoms with Crippen LogP contribution in [0.3, 0.4) is 0 Å². The number of esters is 1. The number of carbonyl (C=O) groups excluding carboxylic acids is 1. The lowest BCUT2D eigenvalue weighted by Crippen LogP contribution is -2.27. The minimum Gasteiger partial charge on any atom is -0.465 e. The summed E-state index contributed by atoms with van der Waals surface area (Å²) in [6.45, 7) is 7.33. The molecule has 1 aromatic carbocycles. The van der Waals surface area contributed by atoms with Crippen LogP contribution in [0, 0.1) is 0 Å². The van der Waals surface area contributed by atoms with Crippen molar-refractivity contribution in [3.05, 3.63) is 34.6 Å². The number of hydrogen-bond donors (Lipinski definition) is 0. The quantitative estimate of drug-likeness (QED) is 0.189. The van der Waals surface area contributed by atoms with Gasteiger partial charge in [0, 0.05) is 36.3 Å². The average Bonchev–Trinajstić information content (AvgIpc) is 3.11. The largest absolute Gasteiger partial charge is 0.465 e. The molecule has 2 heterocycles. The van der Waals surface area contributed by atoms with E-state index in [0.29, 0.717) is 48.2 Å². The Labute approximate surface area is 183 Å². The normalized spacial score (nSPS) is 11.6. The Morgan fingerprint density at radius 1 is 1.17 bits per heavy atom. The molecule has 0 aliphatic carbocycles. The van der Waals surface area contributed by atoms with Crippen LogP contribution in [0.15, 0.2) is 34.2 Å². The first-order chi connectivity index (χ1) is 14.6. The molecule has 0 aliphatic rings. The second-order valence-corrected chi connectivity index (χ2v) is 8.34. The molecular weight excluding hydrogens is 424 g/mol. The highest BCUT2D eigenvalue weighted by Crippen LogP contribution is 2.31. The molecular formula is C21H26N2O5S2. The van der Waals surface area contributed by atoms with E-state index in [4.69, 9.17) is 19.2 Å². The van der Waals surface area contributed by atoms with E-state index in [1.165, 1.54) is 23.1 Å². The highest BCUT2D eigenvalue weighted by molar-refractivity contribution is 7.99. The number of carbonyl (C=O) groups is 1. The van der Waals surface area contributed by atoms with E-state index in [2.05, 4.69) is 0 Å². The summed E-state index contributed by atoms with van der Waals surface area (Å²) >= 11 is 2.65. The Hall–Kier alpha value is -1.94. The Morgan fingerprint density at radius 3 is 2.60 bits per heavy atom. The lowest BCUT2D eigenvalue weighted by atomic mass is 10.2. The first-order valence-corrected chi connectivity index (χ1v) is 11.8. The van der Waals surface area contributed by atoms with Crippen LogP contribution in [0.5, 0.6) is 0 Å². The van der Waals surface area contributed by atoms with Gasteiger partial charge in [0.1, 0.15) is 4.70 Å². The standard InChI is InChI=1S/C21H26N2O5S2/c1-4-26-16(24)13-29-21-22-18-14-9-7-8-10-15(14)30-19(18)20(25)23(21)12-11-17(27-5-2)28-6-3/h7-10,17H,4-6,11-13H2,1-3H3. The molecule has 0 fully saturated rings. The number of hydrogen-bond acceptors (Lipinski definition) is 8. The van der Waals surface area contributed by atoms with Crippen LogP contribution >= 0.6 is 23.1 Å². The molecule has 0 spiro atoms. The van der Waals surface area contributed by atoms with Crippen LogP contribution in [-0.4, -0.2) is 47.4 Å². The third-order valence-electron chi connectivity index (χ3n) is 4.36. The fourth-order valence-electron chi connectivity index (χ4n) is 3.11. The maximum atomic E-state index is 13.3. The fourth-order valence-corrected chi connectivity index (χ4v) is 5.01. The molecule has 0 amide bonds. The smallest absolute Gasteiger partial charge is 0.316 e. The van der Waals surface area contributed by atoms with Gasteiger partial charge in [-0.1, -0.05) is 30.0 Å². The molecule has 9 heteroatoms. The minimum absolute atomic E-state index is 0.0915. The maximum absolute atomic E-state index is 13.3. The molecule has 0 bridgehead atoms. The van der Waals surface area contributed by atoms with Gasteiger partial charge in [0.2, 0.25) is 0 Å². The average molecular weight is 451 g/mol. The van der Waals surface area contributed by atoms with Crippen LogP contribution in [0.1, 0.15) is 27.2 Å². The van der Waals surface area contributed by atoms with Crippen LogP contribution in [0.4, 0.5) is 0 Å². The zero-order chi connectivity index (χ0) is 21.5. The van der Waals surface area contributed by atoms with Gasteiger partial charge >= 0.3 is 5.97 Å². The predicted molar refractivity (Wildman–Crippen MR) is 120 cm³/mol. The van der Waals surface area contributed by atoms with Gasteiger partial charge in [-0.2, -0.15) is 0 Å². The number of nitrogens with zero attached hydrogens (tertiary/aromatic N) is 2. The van der Waals surface area contributed by atoms with E-state index in [1.54, 1.807) is 11.5 Å². The van der Waals surface area contributed by atoms with Crippen molar-refractivity contribution in [1.29, 1.82) is 0 Å². The van der Waals surface area contributed by atoms with Gasteiger partial charge in [-0.25, -0.2) is 4.98 Å². The van der Waals surface area contributed by atoms with Crippen LogP contribution < -0.4 is 5.56 Å². The van der Waals surface area contributed by atoms with Gasteiger partial charge in [0.25, 0.3) is 5.56 Å². The number of ether oxygens (including phenoxy) is 3. The molecule has 30 heavy (non-hydrogen) atoms. The molecule has 162 valence electrons. The lowest BCUT2D eigenvalue weighted by Gasteiger charge is -2.18. The van der Waals surface area contributed by atoms with Crippen molar-refractivity contribution in [3.8, 4) is 0 Å². The van der Waals surface area contributed by atoms with Gasteiger partial charge in [0.05, 0.1) is 17.9 Å². The van der Waals surface area contributed by atoms with E-state index < -0.39 is 6.29 Å². The van der Waals surface area contributed by atoms with Crippen molar-refractivity contribution in [2.24, 2.45) is 0 Å². The van der Waals surface area contributed by atoms with Gasteiger partial charge in [-0.3, -0.25) is 14.2 Å². The fraction of sp³-hybridized carbons (Fsp3) is 0.476. The SMILES string of the molecule is CCOC(=O)CSc1nc2c(sc3ccccc32)c(=O)n1CCC(OCC)OCC. The van der Waals surface area contributed by atoms with Crippen molar-refractivity contribution in [2.45, 2.75) is 45.2 Å². The number of aromatic nitrogens is 2. The first-order valence-electron chi connectivity index (χ1n) is 10.0. The third kappa shape index (κ3) is 5.21. The molecule has 0 saturated heterocycles. The predicted octanol–water partition coefficient (Wildman–Crippen LogP) is 4.06. The summed E-state index contributed by atoms with van der Waals surface area (Å²) < 4.78 is 19.5. The van der Waals surface area contributed by atoms with Crippen molar-refractivity contribution in [1.82, 2.24) is 9.55 Å². The molecule has 2 aromatic heterocycles. The molecule has 3 aromatic rings. The summed E-state index contributed by atoms with van der Waals surface area (Å²) in [6, 6.07) is 7.82. The summed E-state index contributed by atoms with van der Waals surface area (Å²) in [5, 5.41) is 1.44. The molecule has 0 radical (unpaired) electrons. The number of rotatable bonds is 11. The number of thiophene rings is 1. The van der Waals surface area contributed by atoms with Crippen LogP contribution in [-0.2, 0) is 25.5 Å². The minimum atomic E-state index is -0.395. The number of thioether (sulfide) groups is 1. The van der Waals surface area contributed by atoms with E-state index >= 15 is 0 Å². The Kier molecular flexibility index (Phi) is 8.26. The molecule has 0 N–H and O–H groups in total. The molecule has 0 unspecified atom stereocenters. The molecule has 0 atom stereocenters. The highest BCUT2D eigenvalue weighted by Gasteiger charge is 2.19. The Balaban J connectivity index is 1.99. The lowest BCUT2D eigenvalue weighted by molar-refractivity contribution is -0.141.